The van der Waals surface area contributed by atoms with Crippen LogP contribution in [0.3, 0.4) is 0 Å². The molecule has 0 saturated carbocycles. The van der Waals surface area contributed by atoms with Crippen LogP contribution >= 0.6 is 0 Å². The van der Waals surface area contributed by atoms with E-state index in [0.717, 1.165) is 42.6 Å². The number of amides is 1. The maximum atomic E-state index is 11.1. The number of nitrogens with two attached hydrogens (primary N) is 1. The predicted molar refractivity (Wildman–Crippen MR) is 126 cm³/mol. The minimum Gasteiger partial charge on any atom is -0.481 e. The highest BCUT2D eigenvalue weighted by Crippen LogP contribution is 2.27. The van der Waals surface area contributed by atoms with Crippen LogP contribution in [0.4, 0.5) is 10.5 Å². The molecule has 1 aliphatic rings. The molecule has 0 bridgehead atoms. The summed E-state index contributed by atoms with van der Waals surface area (Å²) in [4.78, 5) is 22.0. The zero-order valence-corrected chi connectivity index (χ0v) is 18.9. The van der Waals surface area contributed by atoms with Crippen LogP contribution in [0.5, 0.6) is 17.6 Å². The number of hydrogen-bond donors (Lipinski definition) is 2. The van der Waals surface area contributed by atoms with E-state index < -0.39 is 6.09 Å². The van der Waals surface area contributed by atoms with Crippen LogP contribution in [-0.4, -0.2) is 54.8 Å². The SMILES string of the molecule is COc1nc(OCC2CCN(C)CC2)ccc1CNc1ccc2c(OC(N)=O)nccc2c1. The van der Waals surface area contributed by atoms with Crippen molar-refractivity contribution >= 4 is 22.6 Å². The lowest BCUT2D eigenvalue weighted by Crippen LogP contribution is -2.32. The lowest BCUT2D eigenvalue weighted by atomic mass is 9.98. The van der Waals surface area contributed by atoms with Crippen molar-refractivity contribution in [1.29, 1.82) is 0 Å². The first kappa shape index (κ1) is 22.6. The summed E-state index contributed by atoms with van der Waals surface area (Å²) in [5.74, 6) is 1.86. The van der Waals surface area contributed by atoms with Gasteiger partial charge in [0.1, 0.15) is 0 Å². The number of ether oxygens (including phenoxy) is 3. The van der Waals surface area contributed by atoms with Crippen molar-refractivity contribution in [3.63, 3.8) is 0 Å². The number of nitrogens with zero attached hydrogens (tertiary/aromatic N) is 3. The molecule has 0 atom stereocenters. The lowest BCUT2D eigenvalue weighted by molar-refractivity contribution is 0.156. The monoisotopic (exact) mass is 451 g/mol. The van der Waals surface area contributed by atoms with Gasteiger partial charge in [-0.1, -0.05) is 0 Å². The number of methoxy groups -OCH3 is 1. The van der Waals surface area contributed by atoms with Gasteiger partial charge in [0, 0.05) is 35.4 Å². The molecule has 1 fully saturated rings. The zero-order chi connectivity index (χ0) is 23.2. The van der Waals surface area contributed by atoms with Gasteiger partial charge in [0.15, 0.2) is 0 Å². The van der Waals surface area contributed by atoms with E-state index in [4.69, 9.17) is 19.9 Å². The van der Waals surface area contributed by atoms with Crippen molar-refractivity contribution in [2.75, 3.05) is 39.2 Å². The molecule has 1 aliphatic heterocycles. The van der Waals surface area contributed by atoms with Gasteiger partial charge in [0.2, 0.25) is 17.6 Å². The van der Waals surface area contributed by atoms with E-state index in [-0.39, 0.29) is 5.88 Å². The number of carbonyl (C=O) groups excluding carboxylic acids is 1. The van der Waals surface area contributed by atoms with Crippen molar-refractivity contribution in [3.8, 4) is 17.6 Å². The summed E-state index contributed by atoms with van der Waals surface area (Å²) < 4.78 is 16.4. The van der Waals surface area contributed by atoms with Gasteiger partial charge in [0.05, 0.1) is 13.7 Å². The van der Waals surface area contributed by atoms with Crippen molar-refractivity contribution in [3.05, 3.63) is 48.2 Å². The first-order valence-corrected chi connectivity index (χ1v) is 11.0. The van der Waals surface area contributed by atoms with E-state index in [9.17, 15) is 4.79 Å². The molecule has 2 aromatic heterocycles. The van der Waals surface area contributed by atoms with E-state index in [2.05, 4.69) is 27.2 Å². The minimum atomic E-state index is -0.893. The summed E-state index contributed by atoms with van der Waals surface area (Å²) in [7, 11) is 3.76. The van der Waals surface area contributed by atoms with Crippen molar-refractivity contribution < 1.29 is 19.0 Å². The summed E-state index contributed by atoms with van der Waals surface area (Å²) in [6, 6.07) is 11.4. The molecule has 0 unspecified atom stereocenters. The van der Waals surface area contributed by atoms with Gasteiger partial charge in [-0.05, 0) is 74.6 Å². The first-order chi connectivity index (χ1) is 16.0. The molecule has 0 aliphatic carbocycles. The standard InChI is InChI=1S/C24H29N5O4/c1-29-11-8-16(9-12-29)15-32-21-6-3-18(22(28-21)31-2)14-27-19-4-5-20-17(13-19)7-10-26-23(20)33-24(25)30/h3-7,10,13,16,27H,8-9,11-12,14-15H2,1-2H3,(H2,25,30). The Labute approximate surface area is 192 Å². The summed E-state index contributed by atoms with van der Waals surface area (Å²) in [6.45, 7) is 3.42. The van der Waals surface area contributed by atoms with Crippen LogP contribution in [0, 0.1) is 5.92 Å². The van der Waals surface area contributed by atoms with Gasteiger partial charge in [0.25, 0.3) is 0 Å². The summed E-state index contributed by atoms with van der Waals surface area (Å²) in [6.07, 6.45) is 2.97. The molecular formula is C24H29N5O4. The van der Waals surface area contributed by atoms with Crippen LogP contribution < -0.4 is 25.3 Å². The Hall–Kier alpha value is -3.59. The molecule has 1 amide bonds. The number of pyridine rings is 2. The Morgan fingerprint density at radius 1 is 1.18 bits per heavy atom. The Bertz CT molecular complexity index is 1120. The Morgan fingerprint density at radius 3 is 2.76 bits per heavy atom. The third-order valence-electron chi connectivity index (χ3n) is 5.82. The first-order valence-electron chi connectivity index (χ1n) is 11.0. The normalized spacial score (nSPS) is 14.7. The van der Waals surface area contributed by atoms with E-state index in [1.807, 2.05) is 36.4 Å². The van der Waals surface area contributed by atoms with Gasteiger partial charge in [-0.15, -0.1) is 0 Å². The Morgan fingerprint density at radius 2 is 2.00 bits per heavy atom. The zero-order valence-electron chi connectivity index (χ0n) is 18.9. The average molecular weight is 452 g/mol. The van der Waals surface area contributed by atoms with E-state index >= 15 is 0 Å². The number of fused-ring (bicyclic) bond motifs is 1. The smallest absolute Gasteiger partial charge is 0.411 e. The second-order valence-corrected chi connectivity index (χ2v) is 8.20. The van der Waals surface area contributed by atoms with Gasteiger partial charge in [-0.2, -0.15) is 4.98 Å². The minimum absolute atomic E-state index is 0.188. The van der Waals surface area contributed by atoms with E-state index in [0.29, 0.717) is 36.2 Å². The van der Waals surface area contributed by atoms with Crippen molar-refractivity contribution in [2.45, 2.75) is 19.4 Å². The molecular weight excluding hydrogens is 422 g/mol. The van der Waals surface area contributed by atoms with Crippen LogP contribution in [-0.2, 0) is 6.54 Å². The number of rotatable bonds is 8. The molecule has 9 heteroatoms. The lowest BCUT2D eigenvalue weighted by Gasteiger charge is -2.28. The number of nitrogens with one attached hydrogen (secondary N) is 1. The Kier molecular flexibility index (Phi) is 7.09. The van der Waals surface area contributed by atoms with E-state index in [1.165, 1.54) is 0 Å². The van der Waals surface area contributed by atoms with Gasteiger partial charge in [-0.3, -0.25) is 0 Å². The van der Waals surface area contributed by atoms with E-state index in [1.54, 1.807) is 13.3 Å². The van der Waals surface area contributed by atoms with Crippen LogP contribution in [0.15, 0.2) is 42.6 Å². The fourth-order valence-electron chi connectivity index (χ4n) is 3.91. The largest absolute Gasteiger partial charge is 0.481 e. The summed E-state index contributed by atoms with van der Waals surface area (Å²) >= 11 is 0. The molecule has 33 heavy (non-hydrogen) atoms. The fourth-order valence-corrected chi connectivity index (χ4v) is 3.91. The number of hydrogen-bond acceptors (Lipinski definition) is 8. The quantitative estimate of drug-likeness (QED) is 0.536. The fraction of sp³-hybridized carbons (Fsp3) is 0.375. The molecule has 3 heterocycles. The molecule has 4 rings (SSSR count). The second-order valence-electron chi connectivity index (χ2n) is 8.20. The highest BCUT2D eigenvalue weighted by Gasteiger charge is 2.18. The second kappa shape index (κ2) is 10.4. The van der Waals surface area contributed by atoms with Gasteiger partial charge >= 0.3 is 6.09 Å². The number of likely N-dealkylation sites (tertiary alicyclic amines) is 1. The molecule has 0 radical (unpaired) electrons. The molecule has 3 aromatic rings. The topological polar surface area (TPSA) is 112 Å². The number of aromatic nitrogens is 2. The number of primary amides is 1. The number of piperidine rings is 1. The molecule has 0 spiro atoms. The van der Waals surface area contributed by atoms with Crippen LogP contribution in [0.1, 0.15) is 18.4 Å². The number of benzene rings is 1. The third-order valence-corrected chi connectivity index (χ3v) is 5.82. The summed E-state index contributed by atoms with van der Waals surface area (Å²) in [5, 5.41) is 4.95. The van der Waals surface area contributed by atoms with Crippen molar-refractivity contribution in [1.82, 2.24) is 14.9 Å². The maximum Gasteiger partial charge on any atom is 0.411 e. The van der Waals surface area contributed by atoms with Crippen LogP contribution in [0.2, 0.25) is 0 Å². The average Bonchev–Trinajstić information content (AvgIpc) is 2.82. The molecule has 1 aromatic carbocycles. The van der Waals surface area contributed by atoms with Gasteiger partial charge in [-0.25, -0.2) is 9.78 Å². The number of anilines is 1. The van der Waals surface area contributed by atoms with Crippen molar-refractivity contribution in [2.24, 2.45) is 11.7 Å². The molecule has 174 valence electrons. The molecule has 9 nitrogen and oxygen atoms in total. The summed E-state index contributed by atoms with van der Waals surface area (Å²) in [5.41, 5.74) is 6.92. The highest BCUT2D eigenvalue weighted by atomic mass is 16.6. The Balaban J connectivity index is 1.39. The molecule has 3 N–H and O–H groups in total. The van der Waals surface area contributed by atoms with Gasteiger partial charge < -0.3 is 30.2 Å². The molecule has 1 saturated heterocycles. The maximum absolute atomic E-state index is 11.1. The van der Waals surface area contributed by atoms with Crippen LogP contribution in [0.25, 0.3) is 10.8 Å². The highest BCUT2D eigenvalue weighted by molar-refractivity contribution is 5.90. The third kappa shape index (κ3) is 5.81. The predicted octanol–water partition coefficient (Wildman–Crippen LogP) is 3.43. The number of carbonyl (C=O) groups is 1.